The Labute approximate surface area is 127 Å². The summed E-state index contributed by atoms with van der Waals surface area (Å²) in [6, 6.07) is 9.45. The Balaban J connectivity index is 2.48. The van der Waals surface area contributed by atoms with E-state index in [2.05, 4.69) is 0 Å². The second-order valence-electron chi connectivity index (χ2n) is 4.58. The highest BCUT2D eigenvalue weighted by atomic mass is 32.1. The zero-order valence-electron chi connectivity index (χ0n) is 11.2. The van der Waals surface area contributed by atoms with E-state index in [0.29, 0.717) is 0 Å². The Kier molecular flexibility index (Phi) is 4.57. The molecule has 0 bridgehead atoms. The first kappa shape index (κ1) is 14.6. The molecule has 1 fully saturated rings. The predicted molar refractivity (Wildman–Crippen MR) is 81.2 cm³/mol. The first-order chi connectivity index (χ1) is 10.2. The van der Waals surface area contributed by atoms with Gasteiger partial charge in [0.1, 0.15) is 18.2 Å². The van der Waals surface area contributed by atoms with Crippen molar-refractivity contribution in [2.24, 2.45) is 11.7 Å². The number of nitrogens with zero attached hydrogens (tertiary/aromatic N) is 3. The Morgan fingerprint density at radius 3 is 2.43 bits per heavy atom. The summed E-state index contributed by atoms with van der Waals surface area (Å²) < 4.78 is 0. The highest BCUT2D eigenvalue weighted by molar-refractivity contribution is 7.10. The van der Waals surface area contributed by atoms with Gasteiger partial charge in [-0.15, -0.1) is 11.3 Å². The summed E-state index contributed by atoms with van der Waals surface area (Å²) in [6.07, 6.45) is 5.80. The van der Waals surface area contributed by atoms with E-state index in [1.54, 1.807) is 23.5 Å². The average molecular weight is 292 g/mol. The van der Waals surface area contributed by atoms with Crippen molar-refractivity contribution in [2.45, 2.75) is 12.8 Å². The van der Waals surface area contributed by atoms with E-state index >= 15 is 0 Å². The second-order valence-corrected chi connectivity index (χ2v) is 5.56. The van der Waals surface area contributed by atoms with Gasteiger partial charge in [-0.1, -0.05) is 12.1 Å². The van der Waals surface area contributed by atoms with Gasteiger partial charge in [-0.2, -0.15) is 15.8 Å². The van der Waals surface area contributed by atoms with Gasteiger partial charge in [0.25, 0.3) is 0 Å². The van der Waals surface area contributed by atoms with Gasteiger partial charge in [0.15, 0.2) is 5.57 Å². The Morgan fingerprint density at radius 1 is 1.24 bits per heavy atom. The first-order valence-corrected chi connectivity index (χ1v) is 7.25. The number of nitriles is 3. The van der Waals surface area contributed by atoms with Crippen LogP contribution in [-0.4, -0.2) is 0 Å². The summed E-state index contributed by atoms with van der Waals surface area (Å²) in [7, 11) is 0. The molecule has 1 aromatic heterocycles. The van der Waals surface area contributed by atoms with Gasteiger partial charge in [-0.25, -0.2) is 0 Å². The summed E-state index contributed by atoms with van der Waals surface area (Å²) in [4.78, 5) is 1.08. The molecule has 0 spiro atoms. The summed E-state index contributed by atoms with van der Waals surface area (Å²) in [5.74, 6) is 0.285. The van der Waals surface area contributed by atoms with Crippen LogP contribution < -0.4 is 5.73 Å². The molecule has 1 aliphatic carbocycles. The molecule has 0 saturated heterocycles. The van der Waals surface area contributed by atoms with Crippen molar-refractivity contribution in [2.75, 3.05) is 0 Å². The topological polar surface area (TPSA) is 97.4 Å². The Morgan fingerprint density at radius 2 is 1.95 bits per heavy atom. The van der Waals surface area contributed by atoms with Crippen LogP contribution in [0.25, 0.3) is 6.08 Å². The molecule has 5 heteroatoms. The van der Waals surface area contributed by atoms with Crippen LogP contribution in [0.2, 0.25) is 0 Å². The highest BCUT2D eigenvalue weighted by Crippen LogP contribution is 2.40. The van der Waals surface area contributed by atoms with Crippen LogP contribution in [0.1, 0.15) is 17.7 Å². The number of rotatable bonds is 4. The summed E-state index contributed by atoms with van der Waals surface area (Å²) in [6.45, 7) is 0. The number of allylic oxidation sites excluding steroid dienone is 4. The number of nitrogens with two attached hydrogens (primary N) is 1. The van der Waals surface area contributed by atoms with Crippen molar-refractivity contribution in [3.05, 3.63) is 50.9 Å². The van der Waals surface area contributed by atoms with Gasteiger partial charge in [0.2, 0.25) is 0 Å². The third-order valence-electron chi connectivity index (χ3n) is 3.15. The van der Waals surface area contributed by atoms with Gasteiger partial charge in [-0.3, -0.25) is 0 Å². The van der Waals surface area contributed by atoms with E-state index in [9.17, 15) is 5.26 Å². The van der Waals surface area contributed by atoms with Crippen molar-refractivity contribution in [3.63, 3.8) is 0 Å². The van der Waals surface area contributed by atoms with Crippen molar-refractivity contribution < 1.29 is 0 Å². The molecule has 0 aromatic carbocycles. The third kappa shape index (κ3) is 3.39. The monoisotopic (exact) mass is 292 g/mol. The van der Waals surface area contributed by atoms with Gasteiger partial charge >= 0.3 is 0 Å². The lowest BCUT2D eigenvalue weighted by molar-refractivity contribution is 1.03. The molecule has 1 heterocycles. The zero-order chi connectivity index (χ0) is 15.2. The lowest BCUT2D eigenvalue weighted by Crippen LogP contribution is -2.06. The maximum Gasteiger partial charge on any atom is 0.153 e. The van der Waals surface area contributed by atoms with Crippen molar-refractivity contribution in [3.8, 4) is 18.2 Å². The summed E-state index contributed by atoms with van der Waals surface area (Å²) in [5.41, 5.74) is 6.64. The summed E-state index contributed by atoms with van der Waals surface area (Å²) >= 11 is 1.60. The molecule has 2 N–H and O–H groups in total. The van der Waals surface area contributed by atoms with Crippen LogP contribution in [0.15, 0.2) is 46.0 Å². The van der Waals surface area contributed by atoms with E-state index in [1.807, 2.05) is 35.7 Å². The maximum atomic E-state index is 9.37. The fourth-order valence-corrected chi connectivity index (χ4v) is 2.54. The molecule has 0 radical (unpaired) electrons. The molecule has 0 aliphatic heterocycles. The minimum Gasteiger partial charge on any atom is -0.396 e. The number of thiophene rings is 1. The van der Waals surface area contributed by atoms with Crippen LogP contribution in [0, 0.1) is 39.9 Å². The van der Waals surface area contributed by atoms with E-state index in [1.165, 1.54) is 0 Å². The van der Waals surface area contributed by atoms with Crippen LogP contribution in [0.4, 0.5) is 0 Å². The van der Waals surface area contributed by atoms with E-state index in [-0.39, 0.29) is 22.8 Å². The van der Waals surface area contributed by atoms with E-state index in [0.717, 1.165) is 23.3 Å². The lowest BCUT2D eigenvalue weighted by atomic mass is 9.99. The minimum atomic E-state index is -0.214. The van der Waals surface area contributed by atoms with Crippen molar-refractivity contribution in [1.29, 1.82) is 15.8 Å². The maximum absolute atomic E-state index is 9.37. The van der Waals surface area contributed by atoms with Crippen LogP contribution in [-0.2, 0) is 0 Å². The van der Waals surface area contributed by atoms with Crippen LogP contribution >= 0.6 is 11.3 Å². The van der Waals surface area contributed by atoms with Gasteiger partial charge in [0.05, 0.1) is 11.3 Å². The minimum absolute atomic E-state index is 0.0276. The quantitative estimate of drug-likeness (QED) is 0.680. The molecule has 21 heavy (non-hydrogen) atoms. The average Bonchev–Trinajstić information content (AvgIpc) is 3.20. The van der Waals surface area contributed by atoms with Crippen LogP contribution in [0.5, 0.6) is 0 Å². The molecular weight excluding hydrogens is 280 g/mol. The standard InChI is InChI=1S/C16H12N4S/c17-8-12(9-18)16(20)15(10-19)14(11-3-4-11)6-5-13-2-1-7-21-13/h1-2,5-7,11H,3-4,20H2. The smallest absolute Gasteiger partial charge is 0.153 e. The zero-order valence-corrected chi connectivity index (χ0v) is 12.0. The van der Waals surface area contributed by atoms with Crippen molar-refractivity contribution in [1.82, 2.24) is 0 Å². The molecule has 0 atom stereocenters. The van der Waals surface area contributed by atoms with Gasteiger partial charge in [0, 0.05) is 4.88 Å². The Bertz CT molecular complexity index is 726. The normalized spacial score (nSPS) is 14.7. The molecular formula is C16H12N4S. The molecule has 0 unspecified atom stereocenters. The van der Waals surface area contributed by atoms with Gasteiger partial charge in [-0.05, 0) is 41.9 Å². The van der Waals surface area contributed by atoms with E-state index < -0.39 is 0 Å². The molecule has 2 rings (SSSR count). The third-order valence-corrected chi connectivity index (χ3v) is 3.99. The molecule has 1 aromatic rings. The fourth-order valence-electron chi connectivity index (χ4n) is 1.93. The number of hydrogen-bond donors (Lipinski definition) is 1. The highest BCUT2D eigenvalue weighted by Gasteiger charge is 2.28. The summed E-state index contributed by atoms with van der Waals surface area (Å²) in [5, 5.41) is 29.1. The first-order valence-electron chi connectivity index (χ1n) is 6.37. The second kappa shape index (κ2) is 6.57. The van der Waals surface area contributed by atoms with Crippen molar-refractivity contribution >= 4 is 17.4 Å². The van der Waals surface area contributed by atoms with Crippen LogP contribution in [0.3, 0.4) is 0 Å². The van der Waals surface area contributed by atoms with E-state index in [4.69, 9.17) is 16.3 Å². The fraction of sp³-hybridized carbons (Fsp3) is 0.188. The molecule has 4 nitrogen and oxygen atoms in total. The van der Waals surface area contributed by atoms with Gasteiger partial charge < -0.3 is 5.73 Å². The number of hydrogen-bond acceptors (Lipinski definition) is 5. The largest absolute Gasteiger partial charge is 0.396 e. The lowest BCUT2D eigenvalue weighted by Gasteiger charge is -2.05. The predicted octanol–water partition coefficient (Wildman–Crippen LogP) is 3.25. The molecule has 1 saturated carbocycles. The molecule has 1 aliphatic rings. The SMILES string of the molecule is N#CC(C#N)=C(N)C(C#N)=C(C=Cc1cccs1)C1CC1. The Hall–Kier alpha value is -2.81. The molecule has 102 valence electrons. The molecule has 0 amide bonds.